The lowest BCUT2D eigenvalue weighted by atomic mass is 10.2. The Labute approximate surface area is 150 Å². The molecule has 4 N–H and O–H groups in total. The van der Waals surface area contributed by atoms with Crippen LogP contribution in [0, 0.1) is 6.92 Å². The lowest BCUT2D eigenvalue weighted by Crippen LogP contribution is -2.32. The molecule has 0 aliphatic rings. The van der Waals surface area contributed by atoms with Crippen LogP contribution in [0.2, 0.25) is 5.02 Å². The number of aryl methyl sites for hydroxylation is 1. The third-order valence-corrected chi connectivity index (χ3v) is 3.69. The Hall–Kier alpha value is -2.61. The van der Waals surface area contributed by atoms with Gasteiger partial charge in [-0.25, -0.2) is 9.78 Å². The zero-order valence-corrected chi connectivity index (χ0v) is 15.1. The number of H-pyrrole nitrogens is 1. The Morgan fingerprint density at radius 1 is 1.36 bits per heavy atom. The number of nitrogens with one attached hydrogen (secondary N) is 4. The Kier molecular flexibility index (Phi) is 6.35. The van der Waals surface area contributed by atoms with E-state index >= 15 is 0 Å². The van der Waals surface area contributed by atoms with Gasteiger partial charge in [0.05, 0.1) is 16.8 Å². The van der Waals surface area contributed by atoms with Crippen LogP contribution in [0.4, 0.5) is 10.5 Å². The van der Waals surface area contributed by atoms with Crippen LogP contribution in [-0.2, 0) is 0 Å². The van der Waals surface area contributed by atoms with E-state index in [-0.39, 0.29) is 11.9 Å². The predicted molar refractivity (Wildman–Crippen MR) is 95.8 cm³/mol. The highest BCUT2D eigenvalue weighted by Crippen LogP contribution is 2.23. The van der Waals surface area contributed by atoms with Gasteiger partial charge in [-0.15, -0.1) is 0 Å². The molecule has 0 unspecified atom stereocenters. The van der Waals surface area contributed by atoms with Gasteiger partial charge in [-0.1, -0.05) is 18.5 Å². The number of anilines is 1. The molecule has 1 aromatic carbocycles. The number of carbonyl (C=O) groups excluding carboxylic acids is 2. The smallest absolute Gasteiger partial charge is 0.319 e. The van der Waals surface area contributed by atoms with Crippen molar-refractivity contribution in [3.8, 4) is 0 Å². The number of halogens is 1. The van der Waals surface area contributed by atoms with Gasteiger partial charge >= 0.3 is 6.03 Å². The number of hydrogen-bond acceptors (Lipinski definition) is 4. The third kappa shape index (κ3) is 5.18. The number of rotatable bonds is 6. The number of urea groups is 1. The second-order valence-corrected chi connectivity index (χ2v) is 5.96. The molecule has 2 rings (SSSR count). The largest absolute Gasteiger partial charge is 0.352 e. The molecular formula is C16H21ClN6O2. The molecule has 1 atom stereocenters. The van der Waals surface area contributed by atoms with Crippen molar-refractivity contribution < 1.29 is 9.59 Å². The number of amides is 3. The summed E-state index contributed by atoms with van der Waals surface area (Å²) in [6, 6.07) is 3.85. The first kappa shape index (κ1) is 18.7. The van der Waals surface area contributed by atoms with Crippen LogP contribution in [0.5, 0.6) is 0 Å². The van der Waals surface area contributed by atoms with Gasteiger partial charge in [0, 0.05) is 12.1 Å². The van der Waals surface area contributed by atoms with Crippen molar-refractivity contribution in [3.05, 3.63) is 40.4 Å². The van der Waals surface area contributed by atoms with E-state index in [2.05, 4.69) is 31.1 Å². The molecule has 0 saturated heterocycles. The van der Waals surface area contributed by atoms with Gasteiger partial charge in [0.25, 0.3) is 5.91 Å². The van der Waals surface area contributed by atoms with Crippen LogP contribution in [0.25, 0.3) is 0 Å². The van der Waals surface area contributed by atoms with Crippen molar-refractivity contribution in [1.29, 1.82) is 0 Å². The number of hydrogen-bond donors (Lipinski definition) is 4. The van der Waals surface area contributed by atoms with E-state index in [4.69, 9.17) is 11.6 Å². The molecule has 0 spiro atoms. The molecule has 0 radical (unpaired) electrons. The van der Waals surface area contributed by atoms with E-state index in [1.807, 2.05) is 6.92 Å². The van der Waals surface area contributed by atoms with Crippen molar-refractivity contribution >= 4 is 29.2 Å². The molecule has 134 valence electrons. The Morgan fingerprint density at radius 3 is 2.76 bits per heavy atom. The number of nitrogens with zero attached hydrogens (tertiary/aromatic N) is 2. The van der Waals surface area contributed by atoms with E-state index in [1.54, 1.807) is 26.0 Å². The van der Waals surface area contributed by atoms with Gasteiger partial charge in [-0.3, -0.25) is 9.89 Å². The van der Waals surface area contributed by atoms with Crippen molar-refractivity contribution in [2.75, 3.05) is 11.9 Å². The first-order chi connectivity index (χ1) is 11.9. The topological polar surface area (TPSA) is 112 Å². The molecule has 25 heavy (non-hydrogen) atoms. The fraction of sp³-hybridized carbons (Fsp3) is 0.375. The van der Waals surface area contributed by atoms with E-state index in [0.29, 0.717) is 34.5 Å². The summed E-state index contributed by atoms with van der Waals surface area (Å²) in [5, 5.41) is 15.2. The molecule has 9 heteroatoms. The standard InChI is InChI=1S/C16H21ClN6O2/c1-4-7-18-15(24)11-5-6-12(17)13(8-11)21-16(25)19-9(2)14-20-10(3)22-23-14/h5-6,8-9H,4,7H2,1-3H3,(H,18,24)(H2,19,21,25)(H,20,22,23)/t9-/m1/s1. The SMILES string of the molecule is CCCNC(=O)c1ccc(Cl)c(NC(=O)N[C@H](C)c2n[nH]c(C)n2)c1. The quantitative estimate of drug-likeness (QED) is 0.631. The second kappa shape index (κ2) is 8.48. The van der Waals surface area contributed by atoms with Crippen molar-refractivity contribution in [1.82, 2.24) is 25.8 Å². The molecule has 0 aliphatic heterocycles. The monoisotopic (exact) mass is 364 g/mol. The van der Waals surface area contributed by atoms with Gasteiger partial charge in [-0.2, -0.15) is 5.10 Å². The van der Waals surface area contributed by atoms with Crippen LogP contribution in [-0.4, -0.2) is 33.7 Å². The first-order valence-corrected chi connectivity index (χ1v) is 8.32. The highest BCUT2D eigenvalue weighted by Gasteiger charge is 2.15. The van der Waals surface area contributed by atoms with E-state index < -0.39 is 6.03 Å². The summed E-state index contributed by atoms with van der Waals surface area (Å²) in [7, 11) is 0. The number of benzene rings is 1. The third-order valence-electron chi connectivity index (χ3n) is 3.36. The summed E-state index contributed by atoms with van der Waals surface area (Å²) in [6.45, 7) is 6.09. The van der Waals surface area contributed by atoms with Gasteiger partial charge in [0.2, 0.25) is 0 Å². The van der Waals surface area contributed by atoms with Gasteiger partial charge in [0.1, 0.15) is 5.82 Å². The van der Waals surface area contributed by atoms with Crippen LogP contribution in [0.3, 0.4) is 0 Å². The Morgan fingerprint density at radius 2 is 2.12 bits per heavy atom. The fourth-order valence-corrected chi connectivity index (χ4v) is 2.24. The molecule has 0 bridgehead atoms. The van der Waals surface area contributed by atoms with Crippen molar-refractivity contribution in [2.45, 2.75) is 33.2 Å². The van der Waals surface area contributed by atoms with Crippen LogP contribution in [0.1, 0.15) is 48.3 Å². The normalized spacial score (nSPS) is 11.7. The molecule has 2 aromatic rings. The Balaban J connectivity index is 2.03. The molecule has 3 amide bonds. The molecule has 1 heterocycles. The highest BCUT2D eigenvalue weighted by molar-refractivity contribution is 6.33. The fourth-order valence-electron chi connectivity index (χ4n) is 2.08. The molecule has 0 fully saturated rings. The van der Waals surface area contributed by atoms with E-state index in [0.717, 1.165) is 6.42 Å². The minimum Gasteiger partial charge on any atom is -0.352 e. The van der Waals surface area contributed by atoms with Gasteiger partial charge in [-0.05, 0) is 38.5 Å². The molecule has 0 saturated carbocycles. The minimum atomic E-state index is -0.469. The molecule has 8 nitrogen and oxygen atoms in total. The summed E-state index contributed by atoms with van der Waals surface area (Å²) in [4.78, 5) is 28.3. The lowest BCUT2D eigenvalue weighted by molar-refractivity contribution is 0.0953. The highest BCUT2D eigenvalue weighted by atomic mass is 35.5. The van der Waals surface area contributed by atoms with Gasteiger partial charge in [0.15, 0.2) is 5.82 Å². The number of aromatic nitrogens is 3. The summed E-state index contributed by atoms with van der Waals surface area (Å²) in [5.74, 6) is 0.927. The van der Waals surface area contributed by atoms with Crippen LogP contribution < -0.4 is 16.0 Å². The molecule has 1 aromatic heterocycles. The average molecular weight is 365 g/mol. The van der Waals surface area contributed by atoms with E-state index in [1.165, 1.54) is 6.07 Å². The summed E-state index contributed by atoms with van der Waals surface area (Å²) in [6.07, 6.45) is 0.839. The van der Waals surface area contributed by atoms with Crippen LogP contribution in [0.15, 0.2) is 18.2 Å². The zero-order valence-electron chi connectivity index (χ0n) is 14.3. The maximum absolute atomic E-state index is 12.2. The zero-order chi connectivity index (χ0) is 18.4. The van der Waals surface area contributed by atoms with E-state index in [9.17, 15) is 9.59 Å². The number of carbonyl (C=O) groups is 2. The predicted octanol–water partition coefficient (Wildman–Crippen LogP) is 2.79. The minimum absolute atomic E-state index is 0.216. The summed E-state index contributed by atoms with van der Waals surface area (Å²) in [5.41, 5.74) is 0.771. The first-order valence-electron chi connectivity index (χ1n) is 7.95. The summed E-state index contributed by atoms with van der Waals surface area (Å²) < 4.78 is 0. The van der Waals surface area contributed by atoms with Crippen molar-refractivity contribution in [2.24, 2.45) is 0 Å². The number of aromatic amines is 1. The lowest BCUT2D eigenvalue weighted by Gasteiger charge is -2.13. The molecular weight excluding hydrogens is 344 g/mol. The Bertz CT molecular complexity index is 761. The maximum Gasteiger partial charge on any atom is 0.319 e. The summed E-state index contributed by atoms with van der Waals surface area (Å²) >= 11 is 6.10. The molecule has 0 aliphatic carbocycles. The second-order valence-electron chi connectivity index (χ2n) is 5.55. The van der Waals surface area contributed by atoms with Crippen LogP contribution >= 0.6 is 11.6 Å². The van der Waals surface area contributed by atoms with Gasteiger partial charge < -0.3 is 16.0 Å². The van der Waals surface area contributed by atoms with Crippen molar-refractivity contribution in [3.63, 3.8) is 0 Å². The average Bonchev–Trinajstić information content (AvgIpc) is 3.01. The maximum atomic E-state index is 12.2.